The number of aromatic amines is 1. The van der Waals surface area contributed by atoms with Crippen molar-refractivity contribution in [2.24, 2.45) is 7.05 Å². The number of carbonyl (C=O) groups is 1. The summed E-state index contributed by atoms with van der Waals surface area (Å²) in [5, 5.41) is 8.70. The van der Waals surface area contributed by atoms with Crippen LogP contribution in [-0.2, 0) is 18.4 Å². The Hall–Kier alpha value is -2.29. The number of nitrogens with one attached hydrogen (secondary N) is 1. The van der Waals surface area contributed by atoms with E-state index in [2.05, 4.69) is 9.97 Å². The van der Waals surface area contributed by atoms with Gasteiger partial charge in [0.25, 0.3) is 5.56 Å². The molecule has 2 rings (SSSR count). The summed E-state index contributed by atoms with van der Waals surface area (Å²) in [6, 6.07) is 0. The maximum absolute atomic E-state index is 12.1. The minimum absolute atomic E-state index is 0.235. The summed E-state index contributed by atoms with van der Waals surface area (Å²) >= 11 is 1.03. The van der Waals surface area contributed by atoms with E-state index >= 15 is 0 Å². The van der Waals surface area contributed by atoms with Crippen LogP contribution in [0.3, 0.4) is 0 Å². The van der Waals surface area contributed by atoms with Gasteiger partial charge in [0.1, 0.15) is 5.25 Å². The van der Waals surface area contributed by atoms with Crippen molar-refractivity contribution in [3.63, 3.8) is 0 Å². The van der Waals surface area contributed by atoms with Gasteiger partial charge in [0.2, 0.25) is 0 Å². The molecule has 1 unspecified atom stereocenters. The van der Waals surface area contributed by atoms with Gasteiger partial charge in [-0.05, 0) is 13.8 Å². The fourth-order valence-corrected chi connectivity index (χ4v) is 2.74. The Kier molecular flexibility index (Phi) is 4.55. The molecule has 0 aliphatic rings. The molecular formula is C13H16N4O4S. The van der Waals surface area contributed by atoms with Crippen molar-refractivity contribution in [2.75, 3.05) is 0 Å². The topological polar surface area (TPSA) is 110 Å². The van der Waals surface area contributed by atoms with Gasteiger partial charge in [0.15, 0.2) is 16.3 Å². The lowest BCUT2D eigenvalue weighted by Crippen LogP contribution is -2.29. The summed E-state index contributed by atoms with van der Waals surface area (Å²) in [4.78, 5) is 41.3. The Morgan fingerprint density at radius 1 is 1.50 bits per heavy atom. The van der Waals surface area contributed by atoms with Crippen LogP contribution in [0.25, 0.3) is 11.2 Å². The molecule has 0 bridgehead atoms. The number of aliphatic carboxylic acids is 1. The van der Waals surface area contributed by atoms with E-state index < -0.39 is 22.5 Å². The zero-order chi connectivity index (χ0) is 16.4. The van der Waals surface area contributed by atoms with Gasteiger partial charge in [0, 0.05) is 13.6 Å². The van der Waals surface area contributed by atoms with Gasteiger partial charge in [-0.2, -0.15) is 0 Å². The average Bonchev–Trinajstić information content (AvgIpc) is 2.81. The van der Waals surface area contributed by atoms with Crippen molar-refractivity contribution in [1.82, 2.24) is 19.1 Å². The number of imidazole rings is 1. The molecule has 22 heavy (non-hydrogen) atoms. The van der Waals surface area contributed by atoms with Gasteiger partial charge in [-0.15, -0.1) is 0 Å². The highest BCUT2D eigenvalue weighted by molar-refractivity contribution is 8.00. The van der Waals surface area contributed by atoms with Crippen LogP contribution in [-0.4, -0.2) is 35.4 Å². The van der Waals surface area contributed by atoms with Crippen LogP contribution in [0.1, 0.15) is 13.8 Å². The molecular weight excluding hydrogens is 308 g/mol. The second-order valence-electron chi connectivity index (χ2n) is 4.66. The number of rotatable bonds is 5. The Bertz CT molecular complexity index is 861. The third-order valence-corrected chi connectivity index (χ3v) is 4.20. The number of aromatic nitrogens is 4. The Morgan fingerprint density at radius 2 is 2.18 bits per heavy atom. The van der Waals surface area contributed by atoms with E-state index in [1.165, 1.54) is 18.5 Å². The number of fused-ring (bicyclic) bond motifs is 1. The standard InChI is InChI=1S/C13H16N4O4S/c1-4-5-6-17-8-9(16(3)12(21)15-10(8)18)14-13(17)22-7(2)11(19)20/h4-5,7H,6H2,1-3H3,(H,19,20)(H,15,18,21)/b5-4+. The first-order valence-electron chi connectivity index (χ1n) is 6.57. The Labute approximate surface area is 129 Å². The number of carboxylic acid groups (broad SMARTS) is 1. The normalized spacial score (nSPS) is 13.0. The highest BCUT2D eigenvalue weighted by Crippen LogP contribution is 2.25. The second-order valence-corrected chi connectivity index (χ2v) is 5.97. The first kappa shape index (κ1) is 16.1. The van der Waals surface area contributed by atoms with E-state index in [-0.39, 0.29) is 11.2 Å². The number of nitrogens with zero attached hydrogens (tertiary/aromatic N) is 3. The summed E-state index contributed by atoms with van der Waals surface area (Å²) in [7, 11) is 1.50. The molecule has 0 amide bonds. The molecule has 0 radical (unpaired) electrons. The van der Waals surface area contributed by atoms with Crippen LogP contribution in [0.15, 0.2) is 26.9 Å². The first-order valence-corrected chi connectivity index (χ1v) is 7.45. The van der Waals surface area contributed by atoms with Gasteiger partial charge >= 0.3 is 11.7 Å². The van der Waals surface area contributed by atoms with Crippen LogP contribution in [0.5, 0.6) is 0 Å². The third-order valence-electron chi connectivity index (χ3n) is 3.13. The molecule has 0 aliphatic carbocycles. The Morgan fingerprint density at radius 3 is 2.77 bits per heavy atom. The molecule has 2 aromatic rings. The molecule has 1 atom stereocenters. The van der Waals surface area contributed by atoms with Crippen molar-refractivity contribution < 1.29 is 9.90 Å². The van der Waals surface area contributed by atoms with E-state index in [0.717, 1.165) is 11.8 Å². The van der Waals surface area contributed by atoms with Gasteiger partial charge in [-0.25, -0.2) is 9.78 Å². The van der Waals surface area contributed by atoms with Gasteiger partial charge in [-0.3, -0.25) is 19.1 Å². The molecule has 0 fully saturated rings. The minimum Gasteiger partial charge on any atom is -0.480 e. The molecule has 2 N–H and O–H groups in total. The minimum atomic E-state index is -0.975. The van der Waals surface area contributed by atoms with Gasteiger partial charge in [-0.1, -0.05) is 23.9 Å². The van der Waals surface area contributed by atoms with Gasteiger partial charge < -0.3 is 9.67 Å². The van der Waals surface area contributed by atoms with E-state index in [1.54, 1.807) is 4.57 Å². The van der Waals surface area contributed by atoms with E-state index in [1.807, 2.05) is 19.1 Å². The number of carboxylic acids is 1. The lowest BCUT2D eigenvalue weighted by Gasteiger charge is -2.07. The molecule has 118 valence electrons. The number of allylic oxidation sites excluding steroid dienone is 2. The maximum atomic E-state index is 12.1. The molecule has 8 nitrogen and oxygen atoms in total. The monoisotopic (exact) mass is 324 g/mol. The number of aryl methyl sites for hydroxylation is 1. The summed E-state index contributed by atoms with van der Waals surface area (Å²) in [5.41, 5.74) is -0.612. The van der Waals surface area contributed by atoms with Crippen molar-refractivity contribution >= 4 is 28.9 Å². The maximum Gasteiger partial charge on any atom is 0.329 e. The largest absolute Gasteiger partial charge is 0.480 e. The average molecular weight is 324 g/mol. The zero-order valence-corrected chi connectivity index (χ0v) is 13.2. The molecule has 2 aromatic heterocycles. The van der Waals surface area contributed by atoms with Crippen molar-refractivity contribution in [2.45, 2.75) is 30.8 Å². The molecule has 0 saturated heterocycles. The predicted molar refractivity (Wildman–Crippen MR) is 83.4 cm³/mol. The van der Waals surface area contributed by atoms with Crippen LogP contribution < -0.4 is 11.2 Å². The smallest absolute Gasteiger partial charge is 0.329 e. The van der Waals surface area contributed by atoms with Crippen molar-refractivity contribution in [3.8, 4) is 0 Å². The highest BCUT2D eigenvalue weighted by atomic mass is 32.2. The first-order chi connectivity index (χ1) is 10.4. The summed E-state index contributed by atoms with van der Waals surface area (Å²) in [5.74, 6) is -0.975. The number of H-pyrrole nitrogens is 1. The summed E-state index contributed by atoms with van der Waals surface area (Å²) in [6.45, 7) is 3.74. The molecule has 0 saturated carbocycles. The fourth-order valence-electron chi connectivity index (χ4n) is 1.89. The van der Waals surface area contributed by atoms with Crippen LogP contribution >= 0.6 is 11.8 Å². The summed E-state index contributed by atoms with van der Waals surface area (Å²) < 4.78 is 2.84. The van der Waals surface area contributed by atoms with Crippen molar-refractivity contribution in [1.29, 1.82) is 0 Å². The van der Waals surface area contributed by atoms with Crippen molar-refractivity contribution in [3.05, 3.63) is 33.0 Å². The zero-order valence-electron chi connectivity index (χ0n) is 12.4. The lowest BCUT2D eigenvalue weighted by atomic mass is 10.4. The number of hydrogen-bond donors (Lipinski definition) is 2. The molecule has 0 aliphatic heterocycles. The fraction of sp³-hybridized carbons (Fsp3) is 0.385. The number of hydrogen-bond acceptors (Lipinski definition) is 5. The van der Waals surface area contributed by atoms with Crippen LogP contribution in [0.4, 0.5) is 0 Å². The second kappa shape index (κ2) is 6.22. The van der Waals surface area contributed by atoms with Crippen LogP contribution in [0, 0.1) is 0 Å². The number of thioether (sulfide) groups is 1. The van der Waals surface area contributed by atoms with E-state index in [9.17, 15) is 14.4 Å². The van der Waals surface area contributed by atoms with Gasteiger partial charge in [0.05, 0.1) is 0 Å². The Balaban J connectivity index is 2.72. The van der Waals surface area contributed by atoms with E-state index in [4.69, 9.17) is 5.11 Å². The SMILES string of the molecule is C/C=C/Cn1c(SC(C)C(=O)O)nc2c1c(=O)[nH]c(=O)n2C. The molecule has 0 spiro atoms. The quantitative estimate of drug-likeness (QED) is 0.614. The highest BCUT2D eigenvalue weighted by Gasteiger charge is 2.21. The van der Waals surface area contributed by atoms with E-state index in [0.29, 0.717) is 11.7 Å². The molecule has 9 heteroatoms. The molecule has 0 aromatic carbocycles. The predicted octanol–water partition coefficient (Wildman–Crippen LogP) is 0.565. The van der Waals surface area contributed by atoms with Crippen LogP contribution in [0.2, 0.25) is 0 Å². The molecule has 2 heterocycles. The lowest BCUT2D eigenvalue weighted by molar-refractivity contribution is -0.136. The third kappa shape index (κ3) is 2.84. The summed E-state index contributed by atoms with van der Waals surface area (Å²) in [6.07, 6.45) is 3.64.